The van der Waals surface area contributed by atoms with Gasteiger partial charge in [-0.1, -0.05) is 22.9 Å². The van der Waals surface area contributed by atoms with Crippen molar-refractivity contribution < 1.29 is 4.79 Å². The molecule has 0 fully saturated rings. The Hall–Kier alpha value is -1.14. The molecule has 0 radical (unpaired) electrons. The molecule has 0 N–H and O–H groups in total. The van der Waals surface area contributed by atoms with Gasteiger partial charge in [0.1, 0.15) is 0 Å². The highest BCUT2D eigenvalue weighted by Gasteiger charge is 2.05. The maximum absolute atomic E-state index is 11.2. The summed E-state index contributed by atoms with van der Waals surface area (Å²) in [5.41, 5.74) is 3.44. The minimum absolute atomic E-state index is 0.0403. The summed E-state index contributed by atoms with van der Waals surface area (Å²) in [5, 5.41) is 8.96. The molecule has 0 aromatic carbocycles. The van der Waals surface area contributed by atoms with Gasteiger partial charge < -0.3 is 0 Å². The second-order valence-electron chi connectivity index (χ2n) is 3.93. The molecule has 0 atom stereocenters. The van der Waals surface area contributed by atoms with Gasteiger partial charge in [0.2, 0.25) is 0 Å². The van der Waals surface area contributed by atoms with Gasteiger partial charge in [0, 0.05) is 15.6 Å². The van der Waals surface area contributed by atoms with Crippen LogP contribution in [0.4, 0.5) is 0 Å². The number of carbonyl (C=O) groups is 1. The van der Waals surface area contributed by atoms with E-state index in [1.165, 1.54) is 6.92 Å². The van der Waals surface area contributed by atoms with Gasteiger partial charge in [-0.2, -0.15) is 5.26 Å². The number of nitrogens with zero attached hydrogens (tertiary/aromatic N) is 1. The molecular weight excluding hydrogens is 278 g/mol. The molecule has 0 aromatic rings. The average Bonchev–Trinajstić information content (AvgIpc) is 2.28. The quantitative estimate of drug-likeness (QED) is 0.437. The van der Waals surface area contributed by atoms with Gasteiger partial charge in [0.25, 0.3) is 0 Å². The van der Waals surface area contributed by atoms with Gasteiger partial charge in [0.15, 0.2) is 5.78 Å². The molecule has 0 bridgehead atoms. The second kappa shape index (κ2) is 7.24. The number of carbonyl (C=O) groups excluding carboxylic acids is 1. The van der Waals surface area contributed by atoms with Crippen LogP contribution in [0, 0.1) is 11.3 Å². The van der Waals surface area contributed by atoms with E-state index in [0.717, 1.165) is 27.6 Å². The zero-order valence-electron chi connectivity index (χ0n) is 11.0. The summed E-state index contributed by atoms with van der Waals surface area (Å²) in [5.74, 6) is 0.0403. The summed E-state index contributed by atoms with van der Waals surface area (Å²) in [7, 11) is 0. The van der Waals surface area contributed by atoms with Gasteiger partial charge in [-0.25, -0.2) is 0 Å². The summed E-state index contributed by atoms with van der Waals surface area (Å²) in [6.45, 7) is 9.14. The molecule has 0 aliphatic rings. The third-order valence-corrected chi connectivity index (χ3v) is 3.59. The number of halogens is 1. The molecule has 17 heavy (non-hydrogen) atoms. The topological polar surface area (TPSA) is 40.9 Å². The molecule has 3 heteroatoms. The van der Waals surface area contributed by atoms with E-state index in [-0.39, 0.29) is 5.78 Å². The van der Waals surface area contributed by atoms with Crippen LogP contribution in [0.2, 0.25) is 0 Å². The van der Waals surface area contributed by atoms with Gasteiger partial charge in [-0.3, -0.25) is 4.79 Å². The SMILES string of the molecule is CCC(C#N)=C(C)C(C)=CC(Br)=C(C)C(C)=O. The van der Waals surface area contributed by atoms with E-state index < -0.39 is 0 Å². The maximum atomic E-state index is 11.2. The molecule has 0 unspecified atom stereocenters. The Labute approximate surface area is 112 Å². The molecule has 0 spiro atoms. The highest BCUT2D eigenvalue weighted by molar-refractivity contribution is 9.11. The largest absolute Gasteiger partial charge is 0.295 e. The van der Waals surface area contributed by atoms with E-state index in [1.54, 1.807) is 6.92 Å². The third kappa shape index (κ3) is 4.70. The van der Waals surface area contributed by atoms with Crippen molar-refractivity contribution in [1.29, 1.82) is 5.26 Å². The minimum Gasteiger partial charge on any atom is -0.295 e. The van der Waals surface area contributed by atoms with Gasteiger partial charge in [0.05, 0.1) is 6.07 Å². The molecule has 0 amide bonds. The van der Waals surface area contributed by atoms with Crippen LogP contribution in [0.25, 0.3) is 0 Å². The Kier molecular flexibility index (Phi) is 6.75. The first-order chi connectivity index (χ1) is 7.84. The smallest absolute Gasteiger partial charge is 0.156 e. The van der Waals surface area contributed by atoms with Crippen molar-refractivity contribution in [3.63, 3.8) is 0 Å². The zero-order chi connectivity index (χ0) is 13.6. The molecular formula is C14H18BrNO. The standard InChI is InChI=1S/C14H18BrNO/c1-6-13(8-16)10(3)9(2)7-14(15)11(4)12(5)17/h7H,6H2,1-5H3. The number of rotatable bonds is 4. The second-order valence-corrected chi connectivity index (χ2v) is 4.78. The van der Waals surface area contributed by atoms with Gasteiger partial charge >= 0.3 is 0 Å². The van der Waals surface area contributed by atoms with Crippen LogP contribution in [-0.4, -0.2) is 5.78 Å². The molecule has 0 aromatic heterocycles. The summed E-state index contributed by atoms with van der Waals surface area (Å²) in [4.78, 5) is 11.2. The Morgan fingerprint density at radius 2 is 1.76 bits per heavy atom. The first-order valence-corrected chi connectivity index (χ1v) is 6.30. The van der Waals surface area contributed by atoms with Crippen LogP contribution in [0.5, 0.6) is 0 Å². The normalized spacial score (nSPS) is 14.8. The lowest BCUT2D eigenvalue weighted by molar-refractivity contribution is -0.113. The molecule has 2 nitrogen and oxygen atoms in total. The molecule has 0 aliphatic carbocycles. The van der Waals surface area contributed by atoms with Crippen molar-refractivity contribution in [2.75, 3.05) is 0 Å². The van der Waals surface area contributed by atoms with E-state index >= 15 is 0 Å². The Morgan fingerprint density at radius 3 is 2.12 bits per heavy atom. The van der Waals surface area contributed by atoms with Crippen molar-refractivity contribution >= 4 is 21.7 Å². The zero-order valence-corrected chi connectivity index (χ0v) is 12.6. The van der Waals surface area contributed by atoms with E-state index in [9.17, 15) is 4.79 Å². The average molecular weight is 296 g/mol. The molecule has 0 saturated carbocycles. The molecule has 92 valence electrons. The summed E-state index contributed by atoms with van der Waals surface area (Å²) < 4.78 is 0.773. The molecule has 0 heterocycles. The van der Waals surface area contributed by atoms with Crippen molar-refractivity contribution in [1.82, 2.24) is 0 Å². The molecule has 0 rings (SSSR count). The highest BCUT2D eigenvalue weighted by Crippen LogP contribution is 2.22. The number of hydrogen-bond donors (Lipinski definition) is 0. The van der Waals surface area contributed by atoms with E-state index in [0.29, 0.717) is 5.57 Å². The summed E-state index contributed by atoms with van der Waals surface area (Å²) >= 11 is 3.38. The number of nitriles is 1. The van der Waals surface area contributed by atoms with Crippen molar-refractivity contribution in [3.8, 4) is 6.07 Å². The predicted molar refractivity (Wildman–Crippen MR) is 74.7 cm³/mol. The fourth-order valence-electron chi connectivity index (χ4n) is 1.24. The monoisotopic (exact) mass is 295 g/mol. The fraction of sp³-hybridized carbons (Fsp3) is 0.429. The van der Waals surface area contributed by atoms with Crippen molar-refractivity contribution in [3.05, 3.63) is 32.9 Å². The van der Waals surface area contributed by atoms with Gasteiger partial charge in [-0.05, 0) is 51.3 Å². The van der Waals surface area contributed by atoms with Gasteiger partial charge in [-0.15, -0.1) is 0 Å². The number of hydrogen-bond acceptors (Lipinski definition) is 2. The third-order valence-electron chi connectivity index (χ3n) is 2.76. The Morgan fingerprint density at radius 1 is 1.24 bits per heavy atom. The minimum atomic E-state index is 0.0403. The van der Waals surface area contributed by atoms with Crippen LogP contribution < -0.4 is 0 Å². The first-order valence-electron chi connectivity index (χ1n) is 5.50. The van der Waals surface area contributed by atoms with Crippen molar-refractivity contribution in [2.45, 2.75) is 41.0 Å². The van der Waals surface area contributed by atoms with Crippen LogP contribution in [0.1, 0.15) is 41.0 Å². The Balaban J connectivity index is 5.42. The first kappa shape index (κ1) is 15.9. The van der Waals surface area contributed by atoms with Crippen molar-refractivity contribution in [2.24, 2.45) is 0 Å². The number of allylic oxidation sites excluding steroid dienone is 6. The highest BCUT2D eigenvalue weighted by atomic mass is 79.9. The Bertz CT molecular complexity index is 447. The van der Waals surface area contributed by atoms with Crippen LogP contribution >= 0.6 is 15.9 Å². The lowest BCUT2D eigenvalue weighted by Crippen LogP contribution is -1.94. The number of Topliss-reactive ketones (excluding diaryl/α,β-unsaturated/α-hetero) is 1. The van der Waals surface area contributed by atoms with Crippen LogP contribution in [-0.2, 0) is 4.79 Å². The predicted octanol–water partition coefficient (Wildman–Crippen LogP) is 4.44. The molecule has 0 saturated heterocycles. The summed E-state index contributed by atoms with van der Waals surface area (Å²) in [6.07, 6.45) is 2.61. The molecule has 0 aliphatic heterocycles. The summed E-state index contributed by atoms with van der Waals surface area (Å²) in [6, 6.07) is 2.20. The number of ketones is 1. The lowest BCUT2D eigenvalue weighted by Gasteiger charge is -2.05. The maximum Gasteiger partial charge on any atom is 0.156 e. The van der Waals surface area contributed by atoms with E-state index in [2.05, 4.69) is 22.0 Å². The van der Waals surface area contributed by atoms with Crippen LogP contribution in [0.3, 0.4) is 0 Å². The lowest BCUT2D eigenvalue weighted by atomic mass is 10.0. The van der Waals surface area contributed by atoms with Crippen LogP contribution in [0.15, 0.2) is 32.9 Å². The van der Waals surface area contributed by atoms with E-state index in [1.807, 2.05) is 26.8 Å². The van der Waals surface area contributed by atoms with E-state index in [4.69, 9.17) is 5.26 Å². The fourth-order valence-corrected chi connectivity index (χ4v) is 1.86.